The lowest BCUT2D eigenvalue weighted by Gasteiger charge is -2.35. The lowest BCUT2D eigenvalue weighted by atomic mass is 10.0. The minimum Gasteiger partial charge on any atom is -0.489 e. The summed E-state index contributed by atoms with van der Waals surface area (Å²) in [6.45, 7) is 1.51. The van der Waals surface area contributed by atoms with E-state index in [1.54, 1.807) is 19.1 Å². The van der Waals surface area contributed by atoms with Crippen LogP contribution in [0.15, 0.2) is 47.4 Å². The number of nitrogens with one attached hydrogen (secondary N) is 1. The van der Waals surface area contributed by atoms with Gasteiger partial charge >= 0.3 is 0 Å². The fraction of sp³-hybridized carbons (Fsp3) is 0.350. The molecule has 2 unspecified atom stereocenters. The normalized spacial score (nSPS) is 20.0. The van der Waals surface area contributed by atoms with Gasteiger partial charge in [-0.25, -0.2) is 18.3 Å². The number of hydrogen-bond acceptors (Lipinski definition) is 6. The Labute approximate surface area is 173 Å². The first-order valence-electron chi connectivity index (χ1n) is 9.34. The van der Waals surface area contributed by atoms with Crippen LogP contribution in [0.5, 0.6) is 5.75 Å². The zero-order chi connectivity index (χ0) is 21.9. The quantitative estimate of drug-likeness (QED) is 0.467. The number of sulfonamides is 1. The predicted octanol–water partition coefficient (Wildman–Crippen LogP) is 1.73. The molecule has 0 radical (unpaired) electrons. The largest absolute Gasteiger partial charge is 0.489 e. The second-order valence-corrected chi connectivity index (χ2v) is 8.97. The lowest BCUT2D eigenvalue weighted by molar-refractivity contribution is -0.135. The summed E-state index contributed by atoms with van der Waals surface area (Å²) in [5, 5.41) is 18.8. The summed E-state index contributed by atoms with van der Waals surface area (Å²) in [5.41, 5.74) is 2.63. The molecule has 1 heterocycles. The fourth-order valence-electron chi connectivity index (χ4n) is 3.34. The monoisotopic (exact) mass is 438 g/mol. The summed E-state index contributed by atoms with van der Waals surface area (Å²) in [5.74, 6) is -0.792. The van der Waals surface area contributed by atoms with E-state index in [0.29, 0.717) is 16.9 Å². The number of nitrogens with zero attached hydrogens (tertiary/aromatic N) is 1. The summed E-state index contributed by atoms with van der Waals surface area (Å²) < 4.78 is 46.1. The molecule has 3 N–H and O–H groups in total. The second-order valence-electron chi connectivity index (χ2n) is 7.08. The van der Waals surface area contributed by atoms with Gasteiger partial charge in [-0.05, 0) is 61.2 Å². The number of rotatable bonds is 6. The lowest BCUT2D eigenvalue weighted by Crippen LogP contribution is -2.54. The standard InChI is InChI=1S/C20H23FN2O6S/c1-13-14(3-2-4-18(13)21)12-29-16-6-8-17(9-7-16)30(27,28)23-11-15(24)5-10-19(23)20(25)22-26/h2-4,6-9,15,19,24,26H,5,10-12H2,1H3,(H,22,25). The number of β-amino-alcohol motifs (C(OH)–C–C–N with tert-alkyl or cyclic N) is 1. The highest BCUT2D eigenvalue weighted by Gasteiger charge is 2.40. The van der Waals surface area contributed by atoms with Gasteiger partial charge in [0.25, 0.3) is 5.91 Å². The van der Waals surface area contributed by atoms with E-state index in [1.165, 1.54) is 35.8 Å². The van der Waals surface area contributed by atoms with E-state index in [4.69, 9.17) is 9.94 Å². The summed E-state index contributed by atoms with van der Waals surface area (Å²) in [4.78, 5) is 11.8. The third-order valence-electron chi connectivity index (χ3n) is 5.13. The summed E-state index contributed by atoms with van der Waals surface area (Å²) in [6, 6.07) is 9.16. The molecular formula is C20H23FN2O6S. The Bertz CT molecular complexity index is 1010. The number of aliphatic hydroxyl groups excluding tert-OH is 1. The van der Waals surface area contributed by atoms with Gasteiger partial charge < -0.3 is 9.84 Å². The SMILES string of the molecule is Cc1c(F)cccc1COc1ccc(S(=O)(=O)N2CC(O)CCC2C(=O)NO)cc1. The molecule has 2 aromatic rings. The maximum atomic E-state index is 13.6. The van der Waals surface area contributed by atoms with Crippen LogP contribution < -0.4 is 10.2 Å². The smallest absolute Gasteiger partial charge is 0.261 e. The van der Waals surface area contributed by atoms with E-state index >= 15 is 0 Å². The molecule has 30 heavy (non-hydrogen) atoms. The minimum atomic E-state index is -4.10. The number of amides is 1. The van der Waals surface area contributed by atoms with Crippen molar-refractivity contribution in [2.75, 3.05) is 6.54 Å². The molecule has 1 saturated heterocycles. The molecule has 0 spiro atoms. The van der Waals surface area contributed by atoms with Crippen molar-refractivity contribution in [1.82, 2.24) is 9.79 Å². The number of carbonyl (C=O) groups excluding carboxylic acids is 1. The van der Waals surface area contributed by atoms with Crippen LogP contribution in [-0.4, -0.2) is 47.6 Å². The first-order chi connectivity index (χ1) is 14.2. The average Bonchev–Trinajstić information content (AvgIpc) is 2.74. The van der Waals surface area contributed by atoms with Crippen LogP contribution in [0.25, 0.3) is 0 Å². The van der Waals surface area contributed by atoms with Gasteiger partial charge in [-0.1, -0.05) is 12.1 Å². The van der Waals surface area contributed by atoms with Crippen molar-refractivity contribution in [2.45, 2.75) is 43.4 Å². The molecule has 162 valence electrons. The topological polar surface area (TPSA) is 116 Å². The minimum absolute atomic E-state index is 0.0818. The van der Waals surface area contributed by atoms with E-state index in [2.05, 4.69) is 0 Å². The average molecular weight is 438 g/mol. The van der Waals surface area contributed by atoms with E-state index in [9.17, 15) is 22.7 Å². The number of ether oxygens (including phenoxy) is 1. The molecule has 1 fully saturated rings. The fourth-order valence-corrected chi connectivity index (χ4v) is 4.99. The highest BCUT2D eigenvalue weighted by atomic mass is 32.2. The Hall–Kier alpha value is -2.53. The first-order valence-corrected chi connectivity index (χ1v) is 10.8. The molecule has 1 aliphatic heterocycles. The Morgan fingerprint density at radius 1 is 1.23 bits per heavy atom. The second kappa shape index (κ2) is 9.09. The van der Waals surface area contributed by atoms with Gasteiger partial charge in [-0.3, -0.25) is 10.0 Å². The molecule has 1 amide bonds. The van der Waals surface area contributed by atoms with Gasteiger partial charge in [0.1, 0.15) is 24.2 Å². The number of hydrogen-bond donors (Lipinski definition) is 3. The Morgan fingerprint density at radius 2 is 1.93 bits per heavy atom. The molecule has 0 saturated carbocycles. The van der Waals surface area contributed by atoms with E-state index in [-0.39, 0.29) is 36.7 Å². The van der Waals surface area contributed by atoms with Crippen molar-refractivity contribution >= 4 is 15.9 Å². The Kier molecular flexibility index (Phi) is 6.71. The van der Waals surface area contributed by atoms with Crippen molar-refractivity contribution < 1.29 is 32.7 Å². The summed E-state index contributed by atoms with van der Waals surface area (Å²) in [6.07, 6.45) is -0.572. The van der Waals surface area contributed by atoms with Crippen molar-refractivity contribution in [2.24, 2.45) is 0 Å². The van der Waals surface area contributed by atoms with Gasteiger partial charge in [0, 0.05) is 6.54 Å². The Balaban J connectivity index is 1.76. The van der Waals surface area contributed by atoms with E-state index in [1.807, 2.05) is 0 Å². The molecule has 0 aromatic heterocycles. The Morgan fingerprint density at radius 3 is 2.60 bits per heavy atom. The summed E-state index contributed by atoms with van der Waals surface area (Å²) >= 11 is 0. The van der Waals surface area contributed by atoms with Crippen molar-refractivity contribution in [3.05, 3.63) is 59.4 Å². The summed E-state index contributed by atoms with van der Waals surface area (Å²) in [7, 11) is -4.10. The molecule has 0 aliphatic carbocycles. The van der Waals surface area contributed by atoms with Gasteiger partial charge in [-0.15, -0.1) is 0 Å². The number of halogens is 1. The zero-order valence-corrected chi connectivity index (χ0v) is 17.1. The van der Waals surface area contributed by atoms with Gasteiger partial charge in [0.15, 0.2) is 0 Å². The first kappa shape index (κ1) is 22.2. The molecule has 0 bridgehead atoms. The van der Waals surface area contributed by atoms with Crippen LogP contribution >= 0.6 is 0 Å². The molecule has 1 aliphatic rings. The number of aliphatic hydroxyl groups is 1. The number of hydroxylamine groups is 1. The molecule has 10 heteroatoms. The maximum absolute atomic E-state index is 13.6. The molecule has 2 atom stereocenters. The molecular weight excluding hydrogens is 415 g/mol. The number of benzene rings is 2. The maximum Gasteiger partial charge on any atom is 0.261 e. The van der Waals surface area contributed by atoms with Crippen LogP contribution in [0.1, 0.15) is 24.0 Å². The molecule has 2 aromatic carbocycles. The third-order valence-corrected chi connectivity index (χ3v) is 7.02. The third kappa shape index (κ3) is 4.62. The van der Waals surface area contributed by atoms with Crippen molar-refractivity contribution in [1.29, 1.82) is 0 Å². The van der Waals surface area contributed by atoms with Crippen LogP contribution in [0, 0.1) is 12.7 Å². The predicted molar refractivity (Wildman–Crippen MR) is 105 cm³/mol. The van der Waals surface area contributed by atoms with Crippen LogP contribution in [0.3, 0.4) is 0 Å². The highest BCUT2D eigenvalue weighted by Crippen LogP contribution is 2.27. The van der Waals surface area contributed by atoms with Crippen molar-refractivity contribution in [3.63, 3.8) is 0 Å². The van der Waals surface area contributed by atoms with E-state index in [0.717, 1.165) is 4.31 Å². The molecule has 8 nitrogen and oxygen atoms in total. The van der Waals surface area contributed by atoms with Crippen LogP contribution in [-0.2, 0) is 21.4 Å². The highest BCUT2D eigenvalue weighted by molar-refractivity contribution is 7.89. The van der Waals surface area contributed by atoms with Gasteiger partial charge in [0.2, 0.25) is 10.0 Å². The molecule has 3 rings (SSSR count). The van der Waals surface area contributed by atoms with E-state index < -0.39 is 28.1 Å². The van der Waals surface area contributed by atoms with Crippen molar-refractivity contribution in [3.8, 4) is 5.75 Å². The van der Waals surface area contributed by atoms with Crippen LogP contribution in [0.2, 0.25) is 0 Å². The zero-order valence-electron chi connectivity index (χ0n) is 16.3. The number of carbonyl (C=O) groups is 1. The number of piperidine rings is 1. The van der Waals surface area contributed by atoms with Crippen LogP contribution in [0.4, 0.5) is 4.39 Å². The van der Waals surface area contributed by atoms with Gasteiger partial charge in [-0.2, -0.15) is 4.31 Å². The van der Waals surface area contributed by atoms with Gasteiger partial charge in [0.05, 0.1) is 11.0 Å².